The molecule has 2 amide bonds. The molecule has 0 radical (unpaired) electrons. The third-order valence-electron chi connectivity index (χ3n) is 3.23. The van der Waals surface area contributed by atoms with Gasteiger partial charge in [0.15, 0.2) is 6.10 Å². The van der Waals surface area contributed by atoms with Crippen molar-refractivity contribution < 1.29 is 14.3 Å². The van der Waals surface area contributed by atoms with Gasteiger partial charge in [-0.3, -0.25) is 14.9 Å². The highest BCUT2D eigenvalue weighted by molar-refractivity contribution is 6.00. The number of ether oxygens (including phenoxy) is 1. The number of tetrazole rings is 1. The maximum Gasteiger partial charge on any atom is 0.269 e. The molecule has 2 N–H and O–H groups in total. The molecule has 0 fully saturated rings. The average molecular weight is 302 g/mol. The molecule has 22 heavy (non-hydrogen) atoms. The molecular formula is C13H14N6O3. The summed E-state index contributed by atoms with van der Waals surface area (Å²) in [5.74, 6) is 0.261. The SMILES string of the molecule is C[C@@H]1Oc2ccccc2N(CCC(=O)Nc2nn[nH]n2)C1=O. The fraction of sp³-hybridized carbons (Fsp3) is 0.308. The highest BCUT2D eigenvalue weighted by Crippen LogP contribution is 2.33. The fourth-order valence-corrected chi connectivity index (χ4v) is 2.20. The Hall–Kier alpha value is -2.97. The van der Waals surface area contributed by atoms with Crippen molar-refractivity contribution in [1.29, 1.82) is 0 Å². The number of rotatable bonds is 4. The summed E-state index contributed by atoms with van der Waals surface area (Å²) in [5, 5.41) is 15.3. The van der Waals surface area contributed by atoms with Gasteiger partial charge in [-0.05, 0) is 24.3 Å². The van der Waals surface area contributed by atoms with Crippen LogP contribution in [0.25, 0.3) is 0 Å². The zero-order chi connectivity index (χ0) is 15.5. The van der Waals surface area contributed by atoms with E-state index >= 15 is 0 Å². The van der Waals surface area contributed by atoms with Gasteiger partial charge in [-0.1, -0.05) is 17.2 Å². The van der Waals surface area contributed by atoms with Gasteiger partial charge in [0, 0.05) is 13.0 Å². The zero-order valence-electron chi connectivity index (χ0n) is 11.8. The number of hydrogen-bond acceptors (Lipinski definition) is 6. The van der Waals surface area contributed by atoms with Gasteiger partial charge in [-0.25, -0.2) is 0 Å². The van der Waals surface area contributed by atoms with Gasteiger partial charge in [-0.15, -0.1) is 5.10 Å². The molecule has 9 heteroatoms. The first-order chi connectivity index (χ1) is 10.6. The van der Waals surface area contributed by atoms with Gasteiger partial charge in [0.05, 0.1) is 5.69 Å². The predicted molar refractivity (Wildman–Crippen MR) is 76.3 cm³/mol. The molecule has 0 saturated carbocycles. The van der Waals surface area contributed by atoms with E-state index in [2.05, 4.69) is 25.9 Å². The van der Waals surface area contributed by atoms with Gasteiger partial charge in [0.2, 0.25) is 5.91 Å². The summed E-state index contributed by atoms with van der Waals surface area (Å²) in [6.45, 7) is 1.93. The van der Waals surface area contributed by atoms with Crippen LogP contribution in [0.3, 0.4) is 0 Å². The van der Waals surface area contributed by atoms with Crippen LogP contribution in [0.1, 0.15) is 13.3 Å². The molecule has 3 rings (SSSR count). The number of amides is 2. The lowest BCUT2D eigenvalue weighted by molar-refractivity contribution is -0.125. The smallest absolute Gasteiger partial charge is 0.269 e. The van der Waals surface area contributed by atoms with Crippen LogP contribution >= 0.6 is 0 Å². The Morgan fingerprint density at radius 2 is 2.27 bits per heavy atom. The number of nitrogens with zero attached hydrogens (tertiary/aromatic N) is 4. The van der Waals surface area contributed by atoms with Crippen LogP contribution in [-0.2, 0) is 9.59 Å². The number of carbonyl (C=O) groups is 2. The van der Waals surface area contributed by atoms with Crippen molar-refractivity contribution in [2.75, 3.05) is 16.8 Å². The first-order valence-corrected chi connectivity index (χ1v) is 6.75. The Bertz CT molecular complexity index is 687. The molecule has 114 valence electrons. The van der Waals surface area contributed by atoms with Gasteiger partial charge < -0.3 is 9.64 Å². The normalized spacial score (nSPS) is 16.9. The Labute approximate surface area is 125 Å². The van der Waals surface area contributed by atoms with Gasteiger partial charge in [0.1, 0.15) is 5.75 Å². The summed E-state index contributed by atoms with van der Waals surface area (Å²) in [7, 11) is 0. The second-order valence-electron chi connectivity index (χ2n) is 4.75. The maximum atomic E-state index is 12.2. The number of carbonyl (C=O) groups excluding carboxylic acids is 2. The number of anilines is 2. The largest absolute Gasteiger partial charge is 0.479 e. The van der Waals surface area contributed by atoms with Gasteiger partial charge in [-0.2, -0.15) is 5.21 Å². The molecule has 9 nitrogen and oxygen atoms in total. The first-order valence-electron chi connectivity index (χ1n) is 6.75. The van der Waals surface area contributed by atoms with Gasteiger partial charge >= 0.3 is 0 Å². The van der Waals surface area contributed by atoms with Crippen LogP contribution < -0.4 is 15.0 Å². The molecule has 1 aromatic carbocycles. The van der Waals surface area contributed by atoms with Crippen molar-refractivity contribution in [2.45, 2.75) is 19.4 Å². The minimum absolute atomic E-state index is 0.104. The minimum atomic E-state index is -0.574. The number of aromatic amines is 1. The van der Waals surface area contributed by atoms with Crippen LogP contribution in [0.2, 0.25) is 0 Å². The predicted octanol–water partition coefficient (Wildman–Crippen LogP) is 0.342. The van der Waals surface area contributed by atoms with E-state index < -0.39 is 6.10 Å². The number of fused-ring (bicyclic) bond motifs is 1. The third kappa shape index (κ3) is 2.73. The molecule has 2 heterocycles. The van der Waals surface area contributed by atoms with Gasteiger partial charge in [0.25, 0.3) is 11.9 Å². The highest BCUT2D eigenvalue weighted by atomic mass is 16.5. The molecule has 1 atom stereocenters. The Kier molecular flexibility index (Phi) is 3.69. The van der Waals surface area contributed by atoms with Crippen molar-refractivity contribution in [3.05, 3.63) is 24.3 Å². The lowest BCUT2D eigenvalue weighted by Gasteiger charge is -2.32. The molecule has 0 bridgehead atoms. The average Bonchev–Trinajstić information content (AvgIpc) is 3.00. The van der Waals surface area contributed by atoms with Crippen molar-refractivity contribution in [3.63, 3.8) is 0 Å². The molecule has 0 unspecified atom stereocenters. The Morgan fingerprint density at radius 3 is 3.05 bits per heavy atom. The van der Waals surface area contributed by atoms with Crippen LogP contribution in [0, 0.1) is 0 Å². The van der Waals surface area contributed by atoms with E-state index in [0.717, 1.165) is 0 Å². The van der Waals surface area contributed by atoms with Crippen molar-refractivity contribution in [2.24, 2.45) is 0 Å². The lowest BCUT2D eigenvalue weighted by atomic mass is 10.1. The summed E-state index contributed by atoms with van der Waals surface area (Å²) >= 11 is 0. The summed E-state index contributed by atoms with van der Waals surface area (Å²) in [6, 6.07) is 7.24. The standard InChI is InChI=1S/C13H14N6O3/c1-8-12(21)19(9-4-2-3-5-10(9)22-8)7-6-11(20)14-13-15-17-18-16-13/h2-5,8H,6-7H2,1H3,(H2,14,15,16,17,18,20)/t8-/m0/s1. The van der Waals surface area contributed by atoms with E-state index in [1.807, 2.05) is 12.1 Å². The van der Waals surface area contributed by atoms with Crippen LogP contribution in [0.15, 0.2) is 24.3 Å². The lowest BCUT2D eigenvalue weighted by Crippen LogP contribution is -2.45. The fourth-order valence-electron chi connectivity index (χ4n) is 2.20. The number of hydrogen-bond donors (Lipinski definition) is 2. The van der Waals surface area contributed by atoms with Crippen molar-refractivity contribution in [3.8, 4) is 5.75 Å². The number of benzene rings is 1. The van der Waals surface area contributed by atoms with Crippen molar-refractivity contribution >= 4 is 23.5 Å². The van der Waals surface area contributed by atoms with E-state index in [9.17, 15) is 9.59 Å². The van der Waals surface area contributed by atoms with E-state index in [4.69, 9.17) is 4.74 Å². The molecule has 2 aromatic rings. The number of nitrogens with one attached hydrogen (secondary N) is 2. The van der Waals surface area contributed by atoms with E-state index in [-0.39, 0.29) is 30.7 Å². The zero-order valence-corrected chi connectivity index (χ0v) is 11.8. The van der Waals surface area contributed by atoms with Crippen LogP contribution in [-0.4, -0.2) is 45.1 Å². The molecule has 0 aliphatic carbocycles. The highest BCUT2D eigenvalue weighted by Gasteiger charge is 2.31. The molecule has 0 spiro atoms. The first kappa shape index (κ1) is 14.0. The summed E-state index contributed by atoms with van der Waals surface area (Å²) in [5.41, 5.74) is 0.665. The molecular weight excluding hydrogens is 288 g/mol. The Morgan fingerprint density at radius 1 is 1.45 bits per heavy atom. The maximum absolute atomic E-state index is 12.2. The second kappa shape index (κ2) is 5.80. The number of para-hydroxylation sites is 2. The van der Waals surface area contributed by atoms with E-state index in [0.29, 0.717) is 11.4 Å². The van der Waals surface area contributed by atoms with Crippen LogP contribution in [0.5, 0.6) is 5.75 Å². The summed E-state index contributed by atoms with van der Waals surface area (Å²) in [4.78, 5) is 25.7. The van der Waals surface area contributed by atoms with Crippen LogP contribution in [0.4, 0.5) is 11.6 Å². The topological polar surface area (TPSA) is 113 Å². The quantitative estimate of drug-likeness (QED) is 0.842. The molecule has 1 aromatic heterocycles. The summed E-state index contributed by atoms with van der Waals surface area (Å²) < 4.78 is 5.54. The number of H-pyrrole nitrogens is 1. The second-order valence-corrected chi connectivity index (χ2v) is 4.75. The Balaban J connectivity index is 1.68. The van der Waals surface area contributed by atoms with E-state index in [1.54, 1.807) is 24.0 Å². The van der Waals surface area contributed by atoms with Crippen molar-refractivity contribution in [1.82, 2.24) is 20.6 Å². The molecule has 0 saturated heterocycles. The minimum Gasteiger partial charge on any atom is -0.479 e. The number of aromatic nitrogens is 4. The molecule has 1 aliphatic heterocycles. The summed E-state index contributed by atoms with van der Waals surface area (Å²) in [6.07, 6.45) is -0.461. The molecule has 1 aliphatic rings. The third-order valence-corrected chi connectivity index (χ3v) is 3.23. The van der Waals surface area contributed by atoms with E-state index in [1.165, 1.54) is 0 Å². The monoisotopic (exact) mass is 302 g/mol.